The third-order valence-electron chi connectivity index (χ3n) is 2.85. The van der Waals surface area contributed by atoms with Crippen molar-refractivity contribution in [2.75, 3.05) is 13.7 Å². The molecule has 20 heavy (non-hydrogen) atoms. The predicted molar refractivity (Wildman–Crippen MR) is 85.0 cm³/mol. The molecular weight excluding hydrogens is 411 g/mol. The molecule has 0 bridgehead atoms. The van der Waals surface area contributed by atoms with Gasteiger partial charge in [0, 0.05) is 21.6 Å². The molecule has 2 rings (SSSR count). The molecule has 0 aliphatic carbocycles. The Morgan fingerprint density at radius 2 is 2.20 bits per heavy atom. The molecule has 0 aliphatic heterocycles. The number of methoxy groups -OCH3 is 1. The molecule has 1 heterocycles. The fraction of sp³-hybridized carbons (Fsp3) is 0.308. The monoisotopic (exact) mass is 422 g/mol. The summed E-state index contributed by atoms with van der Waals surface area (Å²) in [5, 5.41) is 15.2. The van der Waals surface area contributed by atoms with E-state index in [-0.39, 0.29) is 0 Å². The van der Waals surface area contributed by atoms with Crippen LogP contribution in [0.25, 0.3) is 0 Å². The van der Waals surface area contributed by atoms with Gasteiger partial charge in [0.15, 0.2) is 0 Å². The fourth-order valence-electron chi connectivity index (χ4n) is 1.87. The van der Waals surface area contributed by atoms with Gasteiger partial charge in [0.2, 0.25) is 0 Å². The van der Waals surface area contributed by atoms with Crippen molar-refractivity contribution in [2.24, 2.45) is 0 Å². The van der Waals surface area contributed by atoms with Crippen LogP contribution in [-0.4, -0.2) is 28.6 Å². The van der Waals surface area contributed by atoms with Crippen molar-refractivity contribution in [2.45, 2.75) is 12.6 Å². The average Bonchev–Trinajstić information content (AvgIpc) is 2.79. The lowest BCUT2D eigenvalue weighted by molar-refractivity contribution is 0.171. The molecule has 0 saturated carbocycles. The highest BCUT2D eigenvalue weighted by molar-refractivity contribution is 9.11. The molecule has 1 N–H and O–H groups in total. The summed E-state index contributed by atoms with van der Waals surface area (Å²) in [5.74, 6) is 0. The molecule has 0 amide bonds. The average molecular weight is 425 g/mol. The summed E-state index contributed by atoms with van der Waals surface area (Å²) in [7, 11) is 1.62. The molecule has 1 unspecified atom stereocenters. The van der Waals surface area contributed by atoms with Crippen molar-refractivity contribution in [1.29, 1.82) is 0 Å². The van der Waals surface area contributed by atoms with Crippen molar-refractivity contribution in [3.05, 3.63) is 49.6 Å². The summed E-state index contributed by atoms with van der Waals surface area (Å²) in [4.78, 5) is 0. The lowest BCUT2D eigenvalue weighted by atomic mass is 10.1. The van der Waals surface area contributed by atoms with Gasteiger partial charge in [-0.15, -0.1) is 0 Å². The van der Waals surface area contributed by atoms with Crippen molar-refractivity contribution < 1.29 is 9.84 Å². The Labute approximate surface area is 139 Å². The Hall–Kier alpha value is -0.400. The molecule has 1 aromatic heterocycles. The molecule has 0 spiro atoms. The number of hydrogen-bond acceptors (Lipinski definition) is 3. The van der Waals surface area contributed by atoms with E-state index in [4.69, 9.17) is 16.3 Å². The molecular formula is C13H13Br2ClN2O2. The number of aliphatic hydroxyl groups excluding tert-OH is 1. The van der Waals surface area contributed by atoms with Gasteiger partial charge in [0.05, 0.1) is 30.1 Å². The quantitative estimate of drug-likeness (QED) is 0.795. The normalized spacial score (nSPS) is 12.7. The van der Waals surface area contributed by atoms with Crippen LogP contribution in [0.2, 0.25) is 5.02 Å². The number of aromatic nitrogens is 2. The largest absolute Gasteiger partial charge is 0.383 e. The van der Waals surface area contributed by atoms with Gasteiger partial charge in [-0.25, -0.2) is 0 Å². The van der Waals surface area contributed by atoms with Gasteiger partial charge in [0.25, 0.3) is 0 Å². The van der Waals surface area contributed by atoms with Gasteiger partial charge < -0.3 is 9.84 Å². The Morgan fingerprint density at radius 3 is 2.90 bits per heavy atom. The van der Waals surface area contributed by atoms with Crippen LogP contribution in [0.5, 0.6) is 0 Å². The minimum absolute atomic E-state index is 0.431. The Kier molecular flexibility index (Phi) is 5.63. The molecule has 0 fully saturated rings. The first-order chi connectivity index (χ1) is 9.54. The van der Waals surface area contributed by atoms with E-state index in [1.807, 2.05) is 18.2 Å². The van der Waals surface area contributed by atoms with Crippen molar-refractivity contribution >= 4 is 43.5 Å². The molecule has 108 valence electrons. The zero-order valence-corrected chi connectivity index (χ0v) is 14.6. The number of hydrogen-bond donors (Lipinski definition) is 1. The Bertz CT molecular complexity index is 604. The van der Waals surface area contributed by atoms with E-state index in [0.29, 0.717) is 23.9 Å². The summed E-state index contributed by atoms with van der Waals surface area (Å²) < 4.78 is 8.38. The lowest BCUT2D eigenvalue weighted by Gasteiger charge is -2.16. The highest BCUT2D eigenvalue weighted by atomic mass is 79.9. The maximum atomic E-state index is 10.6. The summed E-state index contributed by atoms with van der Waals surface area (Å²) in [6.07, 6.45) is 0.663. The Morgan fingerprint density at radius 1 is 1.45 bits per heavy atom. The van der Waals surface area contributed by atoms with Crippen LogP contribution in [0.15, 0.2) is 33.3 Å². The second-order valence-corrected chi connectivity index (χ2v) is 6.34. The standard InChI is InChI=1S/C13H13Br2ClN2O2/c1-20-5-4-18-12(11(16)7-17-18)13(19)9-6-8(14)2-3-10(9)15/h2-3,6-7,13,19H,4-5H2,1H3. The van der Waals surface area contributed by atoms with Gasteiger partial charge in [0.1, 0.15) is 6.10 Å². The van der Waals surface area contributed by atoms with Crippen molar-refractivity contribution in [1.82, 2.24) is 9.78 Å². The number of nitrogens with zero attached hydrogens (tertiary/aromatic N) is 2. The van der Waals surface area contributed by atoms with Crippen LogP contribution >= 0.6 is 43.5 Å². The van der Waals surface area contributed by atoms with Crippen LogP contribution in [0, 0.1) is 0 Å². The highest BCUT2D eigenvalue weighted by Gasteiger charge is 2.22. The summed E-state index contributed by atoms with van der Waals surface area (Å²) in [6.45, 7) is 1.03. The molecule has 1 aromatic carbocycles. The summed E-state index contributed by atoms with van der Waals surface area (Å²) >= 11 is 13.0. The SMILES string of the molecule is COCCn1ncc(Cl)c1C(O)c1cc(Br)ccc1Br. The second kappa shape index (κ2) is 7.04. The molecule has 7 heteroatoms. The van der Waals surface area contributed by atoms with Crippen LogP contribution in [0.3, 0.4) is 0 Å². The minimum Gasteiger partial charge on any atom is -0.383 e. The Balaban J connectivity index is 2.39. The van der Waals surface area contributed by atoms with Gasteiger partial charge in [-0.05, 0) is 18.2 Å². The van der Waals surface area contributed by atoms with Gasteiger partial charge in [-0.1, -0.05) is 43.5 Å². The third kappa shape index (κ3) is 3.43. The minimum atomic E-state index is -0.867. The van der Waals surface area contributed by atoms with Crippen molar-refractivity contribution in [3.8, 4) is 0 Å². The van der Waals surface area contributed by atoms with Crippen molar-refractivity contribution in [3.63, 3.8) is 0 Å². The molecule has 0 aliphatic rings. The van der Waals surface area contributed by atoms with E-state index in [9.17, 15) is 5.11 Å². The van der Waals surface area contributed by atoms with Crippen LogP contribution in [0.4, 0.5) is 0 Å². The first-order valence-electron chi connectivity index (χ1n) is 5.87. The summed E-state index contributed by atoms with van der Waals surface area (Å²) in [6, 6.07) is 5.61. The molecule has 4 nitrogen and oxygen atoms in total. The van der Waals surface area contributed by atoms with E-state index in [1.165, 1.54) is 6.20 Å². The number of benzene rings is 1. The van der Waals surface area contributed by atoms with Gasteiger partial charge in [-0.3, -0.25) is 4.68 Å². The number of aliphatic hydroxyl groups is 1. The van der Waals surface area contributed by atoms with Crippen LogP contribution < -0.4 is 0 Å². The van der Waals surface area contributed by atoms with Crippen LogP contribution in [0.1, 0.15) is 17.4 Å². The van der Waals surface area contributed by atoms with E-state index in [2.05, 4.69) is 37.0 Å². The number of halogens is 3. The zero-order valence-electron chi connectivity index (χ0n) is 10.7. The van der Waals surface area contributed by atoms with E-state index in [1.54, 1.807) is 11.8 Å². The summed E-state index contributed by atoms with van der Waals surface area (Å²) in [5.41, 5.74) is 1.28. The maximum absolute atomic E-state index is 10.6. The fourth-order valence-corrected chi connectivity index (χ4v) is 2.96. The molecule has 0 radical (unpaired) electrons. The lowest BCUT2D eigenvalue weighted by Crippen LogP contribution is -2.14. The van der Waals surface area contributed by atoms with Gasteiger partial charge >= 0.3 is 0 Å². The predicted octanol–water partition coefficient (Wildman–Crippen LogP) is 3.79. The topological polar surface area (TPSA) is 47.3 Å². The smallest absolute Gasteiger partial charge is 0.123 e. The van der Waals surface area contributed by atoms with E-state index in [0.717, 1.165) is 14.5 Å². The second-order valence-electron chi connectivity index (χ2n) is 4.16. The first-order valence-corrected chi connectivity index (χ1v) is 7.84. The van der Waals surface area contributed by atoms with Crippen LogP contribution in [-0.2, 0) is 11.3 Å². The van der Waals surface area contributed by atoms with Gasteiger partial charge in [-0.2, -0.15) is 5.10 Å². The zero-order chi connectivity index (χ0) is 14.7. The third-order valence-corrected chi connectivity index (χ3v) is 4.36. The molecule has 2 aromatic rings. The first kappa shape index (κ1) is 16.0. The highest BCUT2D eigenvalue weighted by Crippen LogP contribution is 2.34. The molecule has 1 atom stereocenters. The van der Waals surface area contributed by atoms with E-state index >= 15 is 0 Å². The number of rotatable bonds is 5. The van der Waals surface area contributed by atoms with E-state index < -0.39 is 6.10 Å². The number of ether oxygens (including phenoxy) is 1. The maximum Gasteiger partial charge on any atom is 0.123 e. The molecule has 0 saturated heterocycles.